The molecule has 0 aromatic carbocycles. The molecule has 0 N–H and O–H groups in total. The molecule has 0 aromatic rings. The van der Waals surface area contributed by atoms with Crippen LogP contribution in [0.5, 0.6) is 0 Å². The molecule has 17 heavy (non-hydrogen) atoms. The maximum atomic E-state index is 12.2. The average Bonchev–Trinajstić information content (AvgIpc) is 2.12. The van der Waals surface area contributed by atoms with Gasteiger partial charge in [0.2, 0.25) is 5.91 Å². The molecular weight excluding hydrogens is 214 g/mol. The van der Waals surface area contributed by atoms with Crippen molar-refractivity contribution >= 4 is 5.91 Å². The fourth-order valence-electron chi connectivity index (χ4n) is 1.43. The summed E-state index contributed by atoms with van der Waals surface area (Å²) in [4.78, 5) is 14.0. The molecule has 0 radical (unpaired) electrons. The normalized spacial score (nSPS) is 13.0. The number of carbonyl (C=O) groups excluding carboxylic acids is 1. The predicted octanol–water partition coefficient (Wildman–Crippen LogP) is 3.08. The summed E-state index contributed by atoms with van der Waals surface area (Å²) in [6.45, 7) is 14.7. The topological polar surface area (TPSA) is 29.5 Å². The van der Waals surface area contributed by atoms with Crippen molar-refractivity contribution in [1.29, 1.82) is 0 Å². The molecule has 0 heterocycles. The van der Waals surface area contributed by atoms with Gasteiger partial charge in [-0.2, -0.15) is 0 Å². The number of amides is 1. The smallest absolute Gasteiger partial charge is 0.228 e. The van der Waals surface area contributed by atoms with Crippen molar-refractivity contribution in [2.75, 3.05) is 13.7 Å². The summed E-state index contributed by atoms with van der Waals surface area (Å²) in [5.41, 5.74) is -0.493. The zero-order valence-electron chi connectivity index (χ0n) is 12.8. The second kappa shape index (κ2) is 5.85. The van der Waals surface area contributed by atoms with Crippen molar-refractivity contribution in [3.05, 3.63) is 0 Å². The first-order valence-electron chi connectivity index (χ1n) is 6.38. The van der Waals surface area contributed by atoms with Crippen molar-refractivity contribution in [1.82, 2.24) is 4.90 Å². The predicted molar refractivity (Wildman–Crippen MR) is 72.0 cm³/mol. The summed E-state index contributed by atoms with van der Waals surface area (Å²) in [6, 6.07) is 0.241. The molecule has 1 amide bonds. The van der Waals surface area contributed by atoms with Gasteiger partial charge < -0.3 is 9.64 Å². The Labute approximate surface area is 107 Å². The van der Waals surface area contributed by atoms with Crippen molar-refractivity contribution < 1.29 is 9.53 Å². The van der Waals surface area contributed by atoms with Gasteiger partial charge in [-0.3, -0.25) is 4.79 Å². The van der Waals surface area contributed by atoms with Gasteiger partial charge in [0, 0.05) is 25.1 Å². The zero-order chi connectivity index (χ0) is 13.9. The largest absolute Gasteiger partial charge is 0.376 e. The Morgan fingerprint density at radius 1 is 1.18 bits per heavy atom. The monoisotopic (exact) mass is 243 g/mol. The lowest BCUT2D eigenvalue weighted by molar-refractivity contribution is -0.142. The first-order valence-corrected chi connectivity index (χ1v) is 6.38. The highest BCUT2D eigenvalue weighted by Crippen LogP contribution is 2.25. The van der Waals surface area contributed by atoms with E-state index < -0.39 is 0 Å². The molecule has 0 spiro atoms. The van der Waals surface area contributed by atoms with Gasteiger partial charge in [-0.25, -0.2) is 0 Å². The summed E-state index contributed by atoms with van der Waals surface area (Å²) >= 11 is 0. The Hall–Kier alpha value is -0.570. The van der Waals surface area contributed by atoms with Gasteiger partial charge in [-0.1, -0.05) is 13.8 Å². The van der Waals surface area contributed by atoms with Crippen molar-refractivity contribution in [3.63, 3.8) is 0 Å². The summed E-state index contributed by atoms with van der Waals surface area (Å²) in [7, 11) is 1.86. The highest BCUT2D eigenvalue weighted by molar-refractivity contribution is 5.81. The maximum Gasteiger partial charge on any atom is 0.228 e. The van der Waals surface area contributed by atoms with E-state index in [0.29, 0.717) is 6.61 Å². The molecule has 0 bridgehead atoms. The molecule has 3 nitrogen and oxygen atoms in total. The lowest BCUT2D eigenvalue weighted by Crippen LogP contribution is -2.42. The van der Waals surface area contributed by atoms with Crippen LogP contribution in [0.1, 0.15) is 54.9 Å². The van der Waals surface area contributed by atoms with Gasteiger partial charge in [-0.15, -0.1) is 0 Å². The summed E-state index contributed by atoms with van der Waals surface area (Å²) in [5, 5.41) is 0. The Morgan fingerprint density at radius 3 is 2.00 bits per heavy atom. The van der Waals surface area contributed by atoms with E-state index in [4.69, 9.17) is 4.74 Å². The van der Waals surface area contributed by atoms with Crippen LogP contribution in [0, 0.1) is 5.41 Å². The van der Waals surface area contributed by atoms with Crippen molar-refractivity contribution in [2.45, 2.75) is 66.5 Å². The quantitative estimate of drug-likeness (QED) is 0.742. The van der Waals surface area contributed by atoms with E-state index in [-0.39, 0.29) is 23.0 Å². The minimum absolute atomic E-state index is 0.136. The lowest BCUT2D eigenvalue weighted by atomic mass is 9.87. The SMILES string of the molecule is CC(C)N(C)C(=O)C(C)(C)CCOC(C)(C)C. The van der Waals surface area contributed by atoms with Crippen LogP contribution in [0.25, 0.3) is 0 Å². The molecule has 0 atom stereocenters. The van der Waals surface area contributed by atoms with E-state index in [9.17, 15) is 4.79 Å². The second-order valence-electron chi connectivity index (χ2n) is 6.60. The Kier molecular flexibility index (Phi) is 5.66. The fraction of sp³-hybridized carbons (Fsp3) is 0.929. The molecule has 0 saturated heterocycles. The van der Waals surface area contributed by atoms with Gasteiger partial charge in [-0.05, 0) is 41.0 Å². The van der Waals surface area contributed by atoms with E-state index in [1.807, 2.05) is 55.5 Å². The molecule has 3 heteroatoms. The number of hydrogen-bond donors (Lipinski definition) is 0. The van der Waals surface area contributed by atoms with Gasteiger partial charge in [0.1, 0.15) is 0 Å². The van der Waals surface area contributed by atoms with Crippen molar-refractivity contribution in [2.24, 2.45) is 5.41 Å². The van der Waals surface area contributed by atoms with Gasteiger partial charge in [0.15, 0.2) is 0 Å². The van der Waals surface area contributed by atoms with E-state index in [1.165, 1.54) is 0 Å². The molecule has 0 rings (SSSR count). The Balaban J connectivity index is 4.33. The number of nitrogens with zero attached hydrogens (tertiary/aromatic N) is 1. The molecule has 0 aliphatic heterocycles. The number of hydrogen-bond acceptors (Lipinski definition) is 2. The molecule has 0 aromatic heterocycles. The van der Waals surface area contributed by atoms with Crippen LogP contribution in [0.4, 0.5) is 0 Å². The first kappa shape index (κ1) is 16.4. The molecule has 0 unspecified atom stereocenters. The molecule has 0 aliphatic carbocycles. The molecule has 0 saturated carbocycles. The Morgan fingerprint density at radius 2 is 1.65 bits per heavy atom. The molecule has 0 fully saturated rings. The average molecular weight is 243 g/mol. The van der Waals surface area contributed by atoms with Gasteiger partial charge in [0.05, 0.1) is 5.60 Å². The standard InChI is InChI=1S/C14H29NO2/c1-11(2)15(8)12(16)14(6,7)9-10-17-13(3,4)5/h11H,9-10H2,1-8H3. The third-order valence-electron chi connectivity index (χ3n) is 2.94. The van der Waals surface area contributed by atoms with Crippen LogP contribution in [-0.4, -0.2) is 36.1 Å². The number of ether oxygens (including phenoxy) is 1. The highest BCUT2D eigenvalue weighted by atomic mass is 16.5. The van der Waals surface area contributed by atoms with Crippen LogP contribution < -0.4 is 0 Å². The van der Waals surface area contributed by atoms with Crippen LogP contribution in [0.3, 0.4) is 0 Å². The minimum atomic E-state index is -0.357. The van der Waals surface area contributed by atoms with Crippen LogP contribution in [-0.2, 0) is 9.53 Å². The summed E-state index contributed by atoms with van der Waals surface area (Å²) in [6.07, 6.45) is 0.750. The third-order valence-corrected chi connectivity index (χ3v) is 2.94. The third kappa shape index (κ3) is 6.06. The van der Waals surface area contributed by atoms with E-state index in [1.54, 1.807) is 4.90 Å². The minimum Gasteiger partial charge on any atom is -0.376 e. The highest BCUT2D eigenvalue weighted by Gasteiger charge is 2.31. The van der Waals surface area contributed by atoms with Crippen molar-refractivity contribution in [3.8, 4) is 0 Å². The van der Waals surface area contributed by atoms with Gasteiger partial charge >= 0.3 is 0 Å². The molecule has 102 valence electrons. The van der Waals surface area contributed by atoms with Crippen LogP contribution in [0.2, 0.25) is 0 Å². The summed E-state index contributed by atoms with van der Waals surface area (Å²) < 4.78 is 5.68. The van der Waals surface area contributed by atoms with Crippen LogP contribution in [0.15, 0.2) is 0 Å². The van der Waals surface area contributed by atoms with E-state index in [2.05, 4.69) is 0 Å². The maximum absolute atomic E-state index is 12.2. The van der Waals surface area contributed by atoms with E-state index in [0.717, 1.165) is 6.42 Å². The fourth-order valence-corrected chi connectivity index (χ4v) is 1.43. The number of rotatable bonds is 5. The second-order valence-corrected chi connectivity index (χ2v) is 6.60. The molecule has 0 aliphatic rings. The van der Waals surface area contributed by atoms with Gasteiger partial charge in [0.25, 0.3) is 0 Å². The zero-order valence-corrected chi connectivity index (χ0v) is 12.8. The number of carbonyl (C=O) groups is 1. The first-order chi connectivity index (χ1) is 7.47. The van der Waals surface area contributed by atoms with E-state index >= 15 is 0 Å². The Bertz CT molecular complexity index is 251. The molecular formula is C14H29NO2. The summed E-state index contributed by atoms with van der Waals surface area (Å²) in [5.74, 6) is 0.185. The lowest BCUT2D eigenvalue weighted by Gasteiger charge is -2.32. The van der Waals surface area contributed by atoms with Crippen LogP contribution >= 0.6 is 0 Å².